The predicted molar refractivity (Wildman–Crippen MR) is 76.8 cm³/mol. The molecule has 0 radical (unpaired) electrons. The minimum Gasteiger partial charge on any atom is -0.496 e. The number of hydrogen-bond donors (Lipinski definition) is 1. The van der Waals surface area contributed by atoms with Gasteiger partial charge in [0.1, 0.15) is 5.75 Å². The number of hydrogen-bond acceptors (Lipinski definition) is 3. The number of ether oxygens (including phenoxy) is 1. The molecule has 0 aromatic heterocycles. The van der Waals surface area contributed by atoms with E-state index in [-0.39, 0.29) is 11.9 Å². The highest BCUT2D eigenvalue weighted by molar-refractivity contribution is 5.97. The number of aryl methyl sites for hydroxylation is 1. The molecule has 0 aliphatic carbocycles. The lowest BCUT2D eigenvalue weighted by Crippen LogP contribution is -2.28. The number of methoxy groups -OCH3 is 1. The smallest absolute Gasteiger partial charge is 0.228 e. The first-order valence-electron chi connectivity index (χ1n) is 6.68. The molecule has 104 valence electrons. The fraction of sp³-hybridized carbons (Fsp3) is 0.533. The van der Waals surface area contributed by atoms with Gasteiger partial charge in [-0.15, -0.1) is 0 Å². The third-order valence-electron chi connectivity index (χ3n) is 3.62. The predicted octanol–water partition coefficient (Wildman–Crippen LogP) is 2.19. The summed E-state index contributed by atoms with van der Waals surface area (Å²) < 4.78 is 5.42. The van der Waals surface area contributed by atoms with Crippen LogP contribution in [0.25, 0.3) is 0 Å². The number of carbonyl (C=O) groups excluding carboxylic acids is 1. The first-order chi connectivity index (χ1) is 8.93. The molecule has 4 heteroatoms. The van der Waals surface area contributed by atoms with Crippen molar-refractivity contribution in [2.45, 2.75) is 39.2 Å². The van der Waals surface area contributed by atoms with Crippen molar-refractivity contribution in [3.8, 4) is 5.75 Å². The monoisotopic (exact) mass is 262 g/mol. The molecular weight excluding hydrogens is 240 g/mol. The molecule has 1 heterocycles. The van der Waals surface area contributed by atoms with Crippen LogP contribution in [-0.4, -0.2) is 25.6 Å². The maximum atomic E-state index is 12.0. The Bertz CT molecular complexity index is 497. The molecule has 0 saturated carbocycles. The van der Waals surface area contributed by atoms with Crippen LogP contribution < -0.4 is 15.4 Å². The Hall–Kier alpha value is -1.55. The van der Waals surface area contributed by atoms with E-state index >= 15 is 0 Å². The van der Waals surface area contributed by atoms with Crippen molar-refractivity contribution in [1.82, 2.24) is 0 Å². The van der Waals surface area contributed by atoms with Crippen molar-refractivity contribution in [3.63, 3.8) is 0 Å². The van der Waals surface area contributed by atoms with E-state index in [4.69, 9.17) is 10.5 Å². The van der Waals surface area contributed by atoms with Crippen LogP contribution in [0.5, 0.6) is 5.75 Å². The molecular formula is C15H22N2O2. The third kappa shape index (κ3) is 2.59. The summed E-state index contributed by atoms with van der Waals surface area (Å²) in [6, 6.07) is 4.01. The SMILES string of the molecule is COc1cc(C)c(N2CC(N)CC2=O)cc1C(C)C. The van der Waals surface area contributed by atoms with Crippen LogP contribution in [0.2, 0.25) is 0 Å². The first-order valence-corrected chi connectivity index (χ1v) is 6.68. The van der Waals surface area contributed by atoms with Gasteiger partial charge in [-0.3, -0.25) is 4.79 Å². The molecule has 4 nitrogen and oxygen atoms in total. The lowest BCUT2D eigenvalue weighted by molar-refractivity contribution is -0.117. The van der Waals surface area contributed by atoms with E-state index < -0.39 is 0 Å². The van der Waals surface area contributed by atoms with Crippen LogP contribution in [0.3, 0.4) is 0 Å². The minimum absolute atomic E-state index is 0.0588. The average Bonchev–Trinajstić information content (AvgIpc) is 2.67. The van der Waals surface area contributed by atoms with Crippen molar-refractivity contribution >= 4 is 11.6 Å². The fourth-order valence-corrected chi connectivity index (χ4v) is 2.57. The second-order valence-corrected chi connectivity index (χ2v) is 5.50. The quantitative estimate of drug-likeness (QED) is 0.908. The zero-order chi connectivity index (χ0) is 14.2. The molecule has 1 aliphatic heterocycles. The van der Waals surface area contributed by atoms with E-state index in [0.29, 0.717) is 18.9 Å². The molecule has 1 aliphatic rings. The molecule has 1 aromatic rings. The Morgan fingerprint density at radius 3 is 2.58 bits per heavy atom. The molecule has 1 fully saturated rings. The summed E-state index contributed by atoms with van der Waals surface area (Å²) in [6.07, 6.45) is 0.433. The standard InChI is InChI=1S/C15H22N2O2/c1-9(2)12-7-13(10(3)5-14(12)19-4)17-8-11(16)6-15(17)18/h5,7,9,11H,6,8,16H2,1-4H3. The van der Waals surface area contributed by atoms with Gasteiger partial charge in [-0.2, -0.15) is 0 Å². The molecule has 19 heavy (non-hydrogen) atoms. The van der Waals surface area contributed by atoms with E-state index in [1.165, 1.54) is 0 Å². The van der Waals surface area contributed by atoms with Gasteiger partial charge in [-0.05, 0) is 36.1 Å². The largest absolute Gasteiger partial charge is 0.496 e. The Kier molecular flexibility index (Phi) is 3.80. The van der Waals surface area contributed by atoms with E-state index in [1.54, 1.807) is 12.0 Å². The summed E-state index contributed by atoms with van der Waals surface area (Å²) in [5.74, 6) is 1.34. The van der Waals surface area contributed by atoms with Crippen molar-refractivity contribution in [1.29, 1.82) is 0 Å². The van der Waals surface area contributed by atoms with Crippen LogP contribution in [-0.2, 0) is 4.79 Å². The van der Waals surface area contributed by atoms with Crippen LogP contribution in [0.1, 0.15) is 37.3 Å². The fourth-order valence-electron chi connectivity index (χ4n) is 2.57. The highest BCUT2D eigenvalue weighted by Crippen LogP contribution is 2.35. The summed E-state index contributed by atoms with van der Waals surface area (Å²) in [5.41, 5.74) is 9.00. The van der Waals surface area contributed by atoms with E-state index in [9.17, 15) is 4.79 Å². The van der Waals surface area contributed by atoms with Crippen molar-refractivity contribution < 1.29 is 9.53 Å². The number of anilines is 1. The van der Waals surface area contributed by atoms with Gasteiger partial charge in [0, 0.05) is 24.7 Å². The number of rotatable bonds is 3. The highest BCUT2D eigenvalue weighted by atomic mass is 16.5. The van der Waals surface area contributed by atoms with Gasteiger partial charge in [-0.1, -0.05) is 13.8 Å². The van der Waals surface area contributed by atoms with Gasteiger partial charge in [0.25, 0.3) is 0 Å². The number of benzene rings is 1. The van der Waals surface area contributed by atoms with Gasteiger partial charge < -0.3 is 15.4 Å². The second-order valence-electron chi connectivity index (χ2n) is 5.50. The Balaban J connectivity index is 2.46. The zero-order valence-electron chi connectivity index (χ0n) is 12.1. The molecule has 1 saturated heterocycles. The number of nitrogens with two attached hydrogens (primary N) is 1. The molecule has 0 bridgehead atoms. The first kappa shape index (κ1) is 13.9. The van der Waals surface area contributed by atoms with E-state index in [0.717, 1.165) is 22.6 Å². The van der Waals surface area contributed by atoms with Crippen molar-refractivity contribution in [2.75, 3.05) is 18.6 Å². The molecule has 0 spiro atoms. The molecule has 2 rings (SSSR count). The van der Waals surface area contributed by atoms with Gasteiger partial charge >= 0.3 is 0 Å². The van der Waals surface area contributed by atoms with Crippen LogP contribution >= 0.6 is 0 Å². The summed E-state index contributed by atoms with van der Waals surface area (Å²) in [5, 5.41) is 0. The summed E-state index contributed by atoms with van der Waals surface area (Å²) >= 11 is 0. The summed E-state index contributed by atoms with van der Waals surface area (Å²) in [4.78, 5) is 13.8. The molecule has 1 amide bonds. The number of nitrogens with zero attached hydrogens (tertiary/aromatic N) is 1. The highest BCUT2D eigenvalue weighted by Gasteiger charge is 2.29. The van der Waals surface area contributed by atoms with Gasteiger partial charge in [0.15, 0.2) is 0 Å². The zero-order valence-corrected chi connectivity index (χ0v) is 12.1. The average molecular weight is 262 g/mol. The summed E-state index contributed by atoms with van der Waals surface area (Å²) in [7, 11) is 1.68. The van der Waals surface area contributed by atoms with Crippen LogP contribution in [0.4, 0.5) is 5.69 Å². The molecule has 1 atom stereocenters. The molecule has 1 unspecified atom stereocenters. The lowest BCUT2D eigenvalue weighted by atomic mass is 9.98. The molecule has 1 aromatic carbocycles. The van der Waals surface area contributed by atoms with Gasteiger partial charge in [0.2, 0.25) is 5.91 Å². The van der Waals surface area contributed by atoms with Gasteiger partial charge in [-0.25, -0.2) is 0 Å². The van der Waals surface area contributed by atoms with E-state index in [1.807, 2.05) is 13.0 Å². The third-order valence-corrected chi connectivity index (χ3v) is 3.62. The van der Waals surface area contributed by atoms with Gasteiger partial charge in [0.05, 0.1) is 7.11 Å². The lowest BCUT2D eigenvalue weighted by Gasteiger charge is -2.22. The maximum absolute atomic E-state index is 12.0. The Labute approximate surface area is 114 Å². The number of carbonyl (C=O) groups is 1. The summed E-state index contributed by atoms with van der Waals surface area (Å²) in [6.45, 7) is 6.84. The van der Waals surface area contributed by atoms with Crippen LogP contribution in [0, 0.1) is 6.92 Å². The van der Waals surface area contributed by atoms with Crippen molar-refractivity contribution in [3.05, 3.63) is 23.3 Å². The number of amides is 1. The normalized spacial score (nSPS) is 19.4. The van der Waals surface area contributed by atoms with Crippen molar-refractivity contribution in [2.24, 2.45) is 5.73 Å². The Morgan fingerprint density at radius 1 is 1.42 bits per heavy atom. The van der Waals surface area contributed by atoms with Crippen LogP contribution in [0.15, 0.2) is 12.1 Å². The van der Waals surface area contributed by atoms with E-state index in [2.05, 4.69) is 19.9 Å². The topological polar surface area (TPSA) is 55.6 Å². The maximum Gasteiger partial charge on any atom is 0.228 e. The molecule has 2 N–H and O–H groups in total. The Morgan fingerprint density at radius 2 is 2.11 bits per heavy atom. The second kappa shape index (κ2) is 5.21. The minimum atomic E-state index is -0.0588.